The molecular weight excluding hydrogens is 222 g/mol. The summed E-state index contributed by atoms with van der Waals surface area (Å²) in [7, 11) is 0. The SMILES string of the molecule is CCCNC(c1nccn1CC)C1C2CCCC21. The predicted octanol–water partition coefficient (Wildman–Crippen LogP) is 2.99. The molecule has 1 heterocycles. The molecule has 0 saturated heterocycles. The highest BCUT2D eigenvalue weighted by molar-refractivity contribution is 5.13. The lowest BCUT2D eigenvalue weighted by Gasteiger charge is -2.21. The lowest BCUT2D eigenvalue weighted by molar-refractivity contribution is 0.389. The van der Waals surface area contributed by atoms with Crippen molar-refractivity contribution >= 4 is 0 Å². The van der Waals surface area contributed by atoms with Crippen molar-refractivity contribution in [3.63, 3.8) is 0 Å². The number of hydrogen-bond donors (Lipinski definition) is 1. The van der Waals surface area contributed by atoms with Crippen molar-refractivity contribution in [3.05, 3.63) is 18.2 Å². The molecule has 3 heteroatoms. The van der Waals surface area contributed by atoms with Crippen LogP contribution >= 0.6 is 0 Å². The van der Waals surface area contributed by atoms with Gasteiger partial charge in [-0.25, -0.2) is 4.98 Å². The zero-order chi connectivity index (χ0) is 12.5. The molecule has 2 fully saturated rings. The standard InChI is InChI=1S/C15H25N3/c1-3-8-16-14(13-11-6-5-7-12(11)13)15-17-9-10-18(15)4-2/h9-14,16H,3-8H2,1-2H3. The molecule has 3 atom stereocenters. The Bertz CT molecular complexity index is 388. The summed E-state index contributed by atoms with van der Waals surface area (Å²) >= 11 is 0. The van der Waals surface area contributed by atoms with Crippen molar-refractivity contribution in [1.82, 2.24) is 14.9 Å². The van der Waals surface area contributed by atoms with Gasteiger partial charge < -0.3 is 9.88 Å². The van der Waals surface area contributed by atoms with Crippen molar-refractivity contribution in [1.29, 1.82) is 0 Å². The van der Waals surface area contributed by atoms with Crippen LogP contribution in [0.2, 0.25) is 0 Å². The Morgan fingerprint density at radius 1 is 1.39 bits per heavy atom. The first-order chi connectivity index (χ1) is 8.86. The van der Waals surface area contributed by atoms with Crippen LogP contribution in [0.5, 0.6) is 0 Å². The Morgan fingerprint density at radius 3 is 2.83 bits per heavy atom. The fourth-order valence-corrected chi connectivity index (χ4v) is 3.94. The van der Waals surface area contributed by atoms with Crippen LogP contribution in [0.4, 0.5) is 0 Å². The van der Waals surface area contributed by atoms with Crippen LogP contribution in [0, 0.1) is 17.8 Å². The summed E-state index contributed by atoms with van der Waals surface area (Å²) in [6, 6.07) is 0.496. The molecule has 100 valence electrons. The van der Waals surface area contributed by atoms with E-state index in [-0.39, 0.29) is 0 Å². The van der Waals surface area contributed by atoms with E-state index >= 15 is 0 Å². The fourth-order valence-electron chi connectivity index (χ4n) is 3.94. The molecule has 1 N–H and O–H groups in total. The topological polar surface area (TPSA) is 29.9 Å². The third-order valence-electron chi connectivity index (χ3n) is 4.84. The average Bonchev–Trinajstić information content (AvgIpc) is 2.81. The minimum absolute atomic E-state index is 0.496. The van der Waals surface area contributed by atoms with Gasteiger partial charge in [-0.15, -0.1) is 0 Å². The summed E-state index contributed by atoms with van der Waals surface area (Å²) in [5, 5.41) is 3.75. The summed E-state index contributed by atoms with van der Waals surface area (Å²) < 4.78 is 2.31. The van der Waals surface area contributed by atoms with E-state index in [2.05, 4.69) is 34.9 Å². The van der Waals surface area contributed by atoms with Crippen LogP contribution in [0.3, 0.4) is 0 Å². The van der Waals surface area contributed by atoms with Crippen LogP contribution in [-0.4, -0.2) is 16.1 Å². The van der Waals surface area contributed by atoms with Crippen molar-refractivity contribution in [2.45, 2.75) is 52.1 Å². The Balaban J connectivity index is 1.77. The van der Waals surface area contributed by atoms with Gasteiger partial charge in [0.2, 0.25) is 0 Å². The molecule has 2 aliphatic rings. The van der Waals surface area contributed by atoms with Gasteiger partial charge in [-0.3, -0.25) is 0 Å². The minimum Gasteiger partial charge on any atom is -0.334 e. The Labute approximate surface area is 110 Å². The molecule has 0 amide bonds. The molecule has 3 nitrogen and oxygen atoms in total. The number of imidazole rings is 1. The van der Waals surface area contributed by atoms with E-state index in [0.29, 0.717) is 6.04 Å². The maximum Gasteiger partial charge on any atom is 0.126 e. The second-order valence-corrected chi connectivity index (χ2v) is 5.84. The normalized spacial score (nSPS) is 31.3. The molecule has 2 aliphatic carbocycles. The molecule has 0 aliphatic heterocycles. The fraction of sp³-hybridized carbons (Fsp3) is 0.800. The third-order valence-corrected chi connectivity index (χ3v) is 4.84. The first kappa shape index (κ1) is 12.2. The van der Waals surface area contributed by atoms with Crippen LogP contribution in [0.25, 0.3) is 0 Å². The monoisotopic (exact) mass is 247 g/mol. The van der Waals surface area contributed by atoms with Crippen molar-refractivity contribution < 1.29 is 0 Å². The molecule has 3 unspecified atom stereocenters. The molecule has 18 heavy (non-hydrogen) atoms. The van der Waals surface area contributed by atoms with E-state index in [1.165, 1.54) is 31.5 Å². The zero-order valence-corrected chi connectivity index (χ0v) is 11.6. The first-order valence-corrected chi connectivity index (χ1v) is 7.61. The van der Waals surface area contributed by atoms with Gasteiger partial charge in [0.1, 0.15) is 5.82 Å². The van der Waals surface area contributed by atoms with Gasteiger partial charge in [-0.1, -0.05) is 13.3 Å². The lowest BCUT2D eigenvalue weighted by Crippen LogP contribution is -2.28. The smallest absolute Gasteiger partial charge is 0.126 e. The van der Waals surface area contributed by atoms with Gasteiger partial charge in [-0.2, -0.15) is 0 Å². The number of nitrogens with one attached hydrogen (secondary N) is 1. The zero-order valence-electron chi connectivity index (χ0n) is 11.6. The van der Waals surface area contributed by atoms with E-state index < -0.39 is 0 Å². The average molecular weight is 247 g/mol. The molecule has 1 aromatic rings. The summed E-state index contributed by atoms with van der Waals surface area (Å²) in [6.45, 7) is 6.58. The van der Waals surface area contributed by atoms with Gasteiger partial charge in [0.25, 0.3) is 0 Å². The molecule has 0 spiro atoms. The maximum atomic E-state index is 4.63. The van der Waals surface area contributed by atoms with Crippen molar-refractivity contribution in [3.8, 4) is 0 Å². The first-order valence-electron chi connectivity index (χ1n) is 7.61. The highest BCUT2D eigenvalue weighted by Crippen LogP contribution is 2.62. The van der Waals surface area contributed by atoms with Gasteiger partial charge in [0, 0.05) is 18.9 Å². The van der Waals surface area contributed by atoms with E-state index in [0.717, 1.165) is 30.8 Å². The van der Waals surface area contributed by atoms with Gasteiger partial charge in [0.05, 0.1) is 6.04 Å². The second-order valence-electron chi connectivity index (χ2n) is 5.84. The number of hydrogen-bond acceptors (Lipinski definition) is 2. The summed E-state index contributed by atoms with van der Waals surface area (Å²) in [6.07, 6.45) is 9.63. The van der Waals surface area contributed by atoms with Crippen molar-refractivity contribution in [2.75, 3.05) is 6.54 Å². The molecule has 1 aromatic heterocycles. The Kier molecular flexibility index (Phi) is 3.42. The molecule has 0 radical (unpaired) electrons. The summed E-state index contributed by atoms with van der Waals surface area (Å²) in [5.41, 5.74) is 0. The van der Waals surface area contributed by atoms with Crippen LogP contribution in [0.15, 0.2) is 12.4 Å². The number of fused-ring (bicyclic) bond motifs is 1. The largest absolute Gasteiger partial charge is 0.334 e. The molecular formula is C15H25N3. The van der Waals surface area contributed by atoms with E-state index in [4.69, 9.17) is 0 Å². The second kappa shape index (κ2) is 5.04. The quantitative estimate of drug-likeness (QED) is 0.837. The van der Waals surface area contributed by atoms with Gasteiger partial charge in [0.15, 0.2) is 0 Å². The van der Waals surface area contributed by atoms with Gasteiger partial charge in [-0.05, 0) is 50.5 Å². The summed E-state index contributed by atoms with van der Waals surface area (Å²) in [4.78, 5) is 4.63. The van der Waals surface area contributed by atoms with Crippen LogP contribution in [0.1, 0.15) is 51.4 Å². The highest BCUT2D eigenvalue weighted by atomic mass is 15.1. The van der Waals surface area contributed by atoms with Gasteiger partial charge >= 0.3 is 0 Å². The number of rotatable bonds is 6. The van der Waals surface area contributed by atoms with E-state index in [9.17, 15) is 0 Å². The number of nitrogens with zero attached hydrogens (tertiary/aromatic N) is 2. The third kappa shape index (κ3) is 1.99. The molecule has 0 aromatic carbocycles. The molecule has 2 saturated carbocycles. The van der Waals surface area contributed by atoms with Crippen LogP contribution in [-0.2, 0) is 6.54 Å². The van der Waals surface area contributed by atoms with Crippen LogP contribution < -0.4 is 5.32 Å². The Hall–Kier alpha value is -0.830. The number of aromatic nitrogens is 2. The summed E-state index contributed by atoms with van der Waals surface area (Å²) in [5.74, 6) is 4.10. The maximum absolute atomic E-state index is 4.63. The molecule has 0 bridgehead atoms. The molecule has 3 rings (SSSR count). The van der Waals surface area contributed by atoms with E-state index in [1.807, 2.05) is 6.20 Å². The van der Waals surface area contributed by atoms with Crippen molar-refractivity contribution in [2.24, 2.45) is 17.8 Å². The Morgan fingerprint density at radius 2 is 2.17 bits per heavy atom. The lowest BCUT2D eigenvalue weighted by atomic mass is 10.0. The number of aryl methyl sites for hydroxylation is 1. The predicted molar refractivity (Wildman–Crippen MR) is 73.3 cm³/mol. The minimum atomic E-state index is 0.496. The van der Waals surface area contributed by atoms with E-state index in [1.54, 1.807) is 0 Å². The highest BCUT2D eigenvalue weighted by Gasteiger charge is 2.56.